The Kier molecular flexibility index (Phi) is 5.28. The SMILES string of the molecule is Nc1c(S(=O)(=O)c2cccc(Cl)c2)c2nc3ccccc3nc2n1N=Cc1cccc(Cl)c1. The van der Waals surface area contributed by atoms with Crippen LogP contribution in [0.25, 0.3) is 22.2 Å². The first-order valence-electron chi connectivity index (χ1n) is 9.72. The molecule has 0 spiro atoms. The highest BCUT2D eigenvalue weighted by Gasteiger charge is 2.30. The summed E-state index contributed by atoms with van der Waals surface area (Å²) in [5.41, 5.74) is 8.51. The maximum Gasteiger partial charge on any atom is 0.212 e. The van der Waals surface area contributed by atoms with Crippen LogP contribution in [0.1, 0.15) is 5.56 Å². The summed E-state index contributed by atoms with van der Waals surface area (Å²) in [5.74, 6) is -0.112. The van der Waals surface area contributed by atoms with Crippen molar-refractivity contribution in [3.63, 3.8) is 0 Å². The summed E-state index contributed by atoms with van der Waals surface area (Å²) >= 11 is 12.1. The second-order valence-corrected chi connectivity index (χ2v) is 9.93. The monoisotopic (exact) mass is 495 g/mol. The van der Waals surface area contributed by atoms with Crippen molar-refractivity contribution < 1.29 is 8.42 Å². The molecule has 5 rings (SSSR count). The van der Waals surface area contributed by atoms with E-state index in [1.807, 2.05) is 12.1 Å². The molecule has 0 amide bonds. The van der Waals surface area contributed by atoms with Gasteiger partial charge in [0.2, 0.25) is 9.84 Å². The first-order valence-corrected chi connectivity index (χ1v) is 12.0. The summed E-state index contributed by atoms with van der Waals surface area (Å²) < 4.78 is 28.5. The third-order valence-electron chi connectivity index (χ3n) is 4.97. The molecule has 33 heavy (non-hydrogen) atoms. The number of halogens is 2. The maximum absolute atomic E-state index is 13.6. The highest BCUT2D eigenvalue weighted by atomic mass is 35.5. The van der Waals surface area contributed by atoms with E-state index in [2.05, 4.69) is 15.1 Å². The number of rotatable bonds is 4. The van der Waals surface area contributed by atoms with Gasteiger partial charge in [0.1, 0.15) is 16.2 Å². The van der Waals surface area contributed by atoms with Crippen molar-refractivity contribution in [3.05, 3.63) is 88.4 Å². The van der Waals surface area contributed by atoms with Gasteiger partial charge in [-0.2, -0.15) is 9.78 Å². The third kappa shape index (κ3) is 3.82. The predicted molar refractivity (Wildman–Crippen MR) is 131 cm³/mol. The fourth-order valence-electron chi connectivity index (χ4n) is 3.47. The second-order valence-electron chi connectivity index (χ2n) is 7.17. The molecule has 0 atom stereocenters. The van der Waals surface area contributed by atoms with E-state index in [1.165, 1.54) is 23.0 Å². The first kappa shape index (κ1) is 21.4. The fourth-order valence-corrected chi connectivity index (χ4v) is 5.45. The fraction of sp³-hybridized carbons (Fsp3) is 0. The average Bonchev–Trinajstić information content (AvgIpc) is 3.07. The molecule has 0 aliphatic rings. The number of fused-ring (bicyclic) bond motifs is 2. The van der Waals surface area contributed by atoms with Crippen molar-refractivity contribution in [2.24, 2.45) is 5.10 Å². The van der Waals surface area contributed by atoms with Gasteiger partial charge < -0.3 is 5.73 Å². The highest BCUT2D eigenvalue weighted by Crippen LogP contribution is 2.35. The van der Waals surface area contributed by atoms with Crippen molar-refractivity contribution in [2.75, 3.05) is 5.73 Å². The standard InChI is InChI=1S/C23H15Cl2N5O2S/c24-15-6-3-5-14(11-15)13-27-30-22(26)21(33(31,32)17-8-4-7-16(25)12-17)20-23(30)29-19-10-2-1-9-18(19)28-20/h1-13H,26H2. The average molecular weight is 496 g/mol. The Labute approximate surface area is 199 Å². The van der Waals surface area contributed by atoms with Crippen molar-refractivity contribution >= 4 is 67.3 Å². The Morgan fingerprint density at radius 3 is 2.24 bits per heavy atom. The lowest BCUT2D eigenvalue weighted by Gasteiger charge is -2.05. The summed E-state index contributed by atoms with van der Waals surface area (Å²) in [7, 11) is -4.08. The number of nitrogens with zero attached hydrogens (tertiary/aromatic N) is 4. The number of hydrogen-bond acceptors (Lipinski definition) is 6. The van der Waals surface area contributed by atoms with Crippen LogP contribution in [0.3, 0.4) is 0 Å². The van der Waals surface area contributed by atoms with Gasteiger partial charge in [0.15, 0.2) is 5.65 Å². The Hall–Kier alpha value is -3.46. The smallest absolute Gasteiger partial charge is 0.212 e. The number of benzene rings is 3. The molecule has 2 aromatic heterocycles. The van der Waals surface area contributed by atoms with Crippen LogP contribution in [0.5, 0.6) is 0 Å². The molecule has 0 aliphatic carbocycles. The molecule has 0 saturated heterocycles. The van der Waals surface area contributed by atoms with Crippen molar-refractivity contribution in [3.8, 4) is 0 Å². The summed E-state index contributed by atoms with van der Waals surface area (Å²) in [4.78, 5) is 8.99. The van der Waals surface area contributed by atoms with E-state index in [1.54, 1.807) is 48.5 Å². The quantitative estimate of drug-likeness (QED) is 0.345. The second kappa shape index (κ2) is 8.15. The number of anilines is 1. The summed E-state index contributed by atoms with van der Waals surface area (Å²) in [5, 5.41) is 5.24. The number of sulfone groups is 1. The predicted octanol–water partition coefficient (Wildman–Crippen LogP) is 5.19. The van der Waals surface area contributed by atoms with Crippen molar-refractivity contribution in [1.29, 1.82) is 0 Å². The van der Waals surface area contributed by atoms with Gasteiger partial charge in [0.05, 0.1) is 22.1 Å². The van der Waals surface area contributed by atoms with Crippen LogP contribution in [0.15, 0.2) is 87.7 Å². The van der Waals surface area contributed by atoms with E-state index >= 15 is 0 Å². The van der Waals surface area contributed by atoms with Crippen LogP contribution in [-0.2, 0) is 9.84 Å². The minimum atomic E-state index is -4.08. The molecule has 7 nitrogen and oxygen atoms in total. The summed E-state index contributed by atoms with van der Waals surface area (Å²) in [6.45, 7) is 0. The largest absolute Gasteiger partial charge is 0.382 e. The molecule has 10 heteroatoms. The van der Waals surface area contributed by atoms with E-state index in [0.29, 0.717) is 21.6 Å². The zero-order valence-corrected chi connectivity index (χ0v) is 19.2. The molecule has 0 radical (unpaired) electrons. The van der Waals surface area contributed by atoms with Gasteiger partial charge in [-0.1, -0.05) is 53.5 Å². The van der Waals surface area contributed by atoms with Crippen LogP contribution in [0, 0.1) is 0 Å². The van der Waals surface area contributed by atoms with E-state index in [9.17, 15) is 8.42 Å². The molecule has 164 valence electrons. The van der Waals surface area contributed by atoms with Gasteiger partial charge in [-0.25, -0.2) is 18.4 Å². The normalized spacial score (nSPS) is 12.2. The Bertz CT molecular complexity index is 1680. The lowest BCUT2D eigenvalue weighted by molar-refractivity contribution is 0.597. The molecule has 2 N–H and O–H groups in total. The van der Waals surface area contributed by atoms with Crippen molar-refractivity contribution in [1.82, 2.24) is 14.6 Å². The van der Waals surface area contributed by atoms with Crippen LogP contribution < -0.4 is 5.73 Å². The van der Waals surface area contributed by atoms with Crippen LogP contribution in [0.4, 0.5) is 5.82 Å². The van der Waals surface area contributed by atoms with E-state index < -0.39 is 9.84 Å². The number of nitrogens with two attached hydrogens (primary N) is 1. The molecular formula is C23H15Cl2N5O2S. The topological polar surface area (TPSA) is 103 Å². The summed E-state index contributed by atoms with van der Waals surface area (Å²) in [6, 6.07) is 20.2. The number of nitrogen functional groups attached to an aromatic ring is 1. The first-order chi connectivity index (χ1) is 15.8. The van der Waals surface area contributed by atoms with Crippen LogP contribution in [0.2, 0.25) is 10.0 Å². The molecule has 0 bridgehead atoms. The molecule has 3 aromatic carbocycles. The van der Waals surface area contributed by atoms with Gasteiger partial charge in [-0.15, -0.1) is 0 Å². The lowest BCUT2D eigenvalue weighted by Crippen LogP contribution is -2.06. The lowest BCUT2D eigenvalue weighted by atomic mass is 10.2. The number of aromatic nitrogens is 3. The highest BCUT2D eigenvalue weighted by molar-refractivity contribution is 7.92. The van der Waals surface area contributed by atoms with Crippen molar-refractivity contribution in [2.45, 2.75) is 9.79 Å². The number of hydrogen-bond donors (Lipinski definition) is 1. The van der Waals surface area contributed by atoms with E-state index in [-0.39, 0.29) is 31.8 Å². The van der Waals surface area contributed by atoms with Gasteiger partial charge in [-0.05, 0) is 48.0 Å². The minimum Gasteiger partial charge on any atom is -0.382 e. The van der Waals surface area contributed by atoms with E-state index in [0.717, 1.165) is 0 Å². The molecule has 0 fully saturated rings. The third-order valence-corrected chi connectivity index (χ3v) is 7.26. The zero-order valence-electron chi connectivity index (χ0n) is 16.9. The van der Waals surface area contributed by atoms with E-state index in [4.69, 9.17) is 28.9 Å². The van der Waals surface area contributed by atoms with Gasteiger partial charge in [-0.3, -0.25) is 0 Å². The van der Waals surface area contributed by atoms with Gasteiger partial charge in [0, 0.05) is 10.0 Å². The Morgan fingerprint density at radius 2 is 1.55 bits per heavy atom. The maximum atomic E-state index is 13.6. The number of para-hydroxylation sites is 2. The molecular weight excluding hydrogens is 481 g/mol. The zero-order chi connectivity index (χ0) is 23.2. The molecule has 2 heterocycles. The molecule has 0 unspecified atom stereocenters. The molecule has 0 saturated carbocycles. The minimum absolute atomic E-state index is 0.00507. The van der Waals surface area contributed by atoms with Gasteiger partial charge in [0.25, 0.3) is 0 Å². The Balaban J connectivity index is 1.81. The molecule has 0 aliphatic heterocycles. The summed E-state index contributed by atoms with van der Waals surface area (Å²) in [6.07, 6.45) is 1.52. The van der Waals surface area contributed by atoms with Gasteiger partial charge >= 0.3 is 0 Å². The Morgan fingerprint density at radius 1 is 0.879 bits per heavy atom. The molecule has 5 aromatic rings. The van der Waals surface area contributed by atoms with Crippen LogP contribution in [-0.4, -0.2) is 29.3 Å². The van der Waals surface area contributed by atoms with Crippen LogP contribution >= 0.6 is 23.2 Å².